The second-order valence-corrected chi connectivity index (χ2v) is 6.45. The number of rotatable bonds is 1. The molecule has 98 valence electrons. The molecular weight excluding hydrogens is 242 g/mol. The fraction of sp³-hybridized carbons (Fsp3) is 0.158. The molecule has 1 heteroatoms. The molecule has 20 heavy (non-hydrogen) atoms. The van der Waals surface area contributed by atoms with Crippen LogP contribution in [-0.4, -0.2) is 21.1 Å². The van der Waals surface area contributed by atoms with Crippen molar-refractivity contribution < 1.29 is 0 Å². The van der Waals surface area contributed by atoms with Crippen molar-refractivity contribution in [1.82, 2.24) is 4.48 Å². The van der Waals surface area contributed by atoms with Crippen LogP contribution in [0.2, 0.25) is 0 Å². The van der Waals surface area contributed by atoms with E-state index in [4.69, 9.17) is 0 Å². The number of benzene rings is 4. The van der Waals surface area contributed by atoms with Crippen LogP contribution in [0, 0.1) is 0 Å². The van der Waals surface area contributed by atoms with Crippen molar-refractivity contribution in [2.24, 2.45) is 0 Å². The van der Waals surface area contributed by atoms with Crippen LogP contribution in [0.3, 0.4) is 0 Å². The topological polar surface area (TPSA) is 0 Å². The SMILES string of the molecule is C[N+](C)(C)c1ccc2ccc3cccc4ccc1c2c34. The van der Waals surface area contributed by atoms with Crippen LogP contribution in [0.1, 0.15) is 0 Å². The van der Waals surface area contributed by atoms with E-state index in [1.165, 1.54) is 38.0 Å². The van der Waals surface area contributed by atoms with Gasteiger partial charge in [-0.15, -0.1) is 0 Å². The van der Waals surface area contributed by atoms with Crippen molar-refractivity contribution in [3.8, 4) is 0 Å². The molecule has 0 heterocycles. The van der Waals surface area contributed by atoms with Crippen LogP contribution in [-0.2, 0) is 0 Å². The third kappa shape index (κ3) is 1.47. The summed E-state index contributed by atoms with van der Waals surface area (Å²) in [5.41, 5.74) is 1.37. The molecule has 4 aromatic carbocycles. The van der Waals surface area contributed by atoms with Crippen LogP contribution in [0.5, 0.6) is 0 Å². The quantitative estimate of drug-likeness (QED) is 0.341. The molecule has 0 bridgehead atoms. The summed E-state index contributed by atoms with van der Waals surface area (Å²) in [5.74, 6) is 0. The van der Waals surface area contributed by atoms with E-state index in [1.54, 1.807) is 0 Å². The first-order valence-corrected chi connectivity index (χ1v) is 7.04. The number of nitrogens with zero attached hydrogens (tertiary/aromatic N) is 1. The Kier molecular flexibility index (Phi) is 2.17. The second-order valence-electron chi connectivity index (χ2n) is 6.45. The highest BCUT2D eigenvalue weighted by Gasteiger charge is 2.18. The molecule has 0 saturated carbocycles. The highest BCUT2D eigenvalue weighted by molar-refractivity contribution is 6.25. The second kappa shape index (κ2) is 3.71. The van der Waals surface area contributed by atoms with E-state index in [0.29, 0.717) is 0 Å². The van der Waals surface area contributed by atoms with Crippen molar-refractivity contribution in [3.63, 3.8) is 0 Å². The zero-order valence-corrected chi connectivity index (χ0v) is 12.1. The minimum Gasteiger partial charge on any atom is -0.298 e. The maximum Gasteiger partial charge on any atom is 0.140 e. The lowest BCUT2D eigenvalue weighted by Gasteiger charge is -2.26. The number of hydrogen-bond donors (Lipinski definition) is 0. The Morgan fingerprint density at radius 1 is 0.600 bits per heavy atom. The fourth-order valence-corrected chi connectivity index (χ4v) is 3.30. The standard InChI is InChI=1S/C19H18N/c1-20(2,3)17-12-10-15-8-7-13-5-4-6-14-9-11-16(17)19(15)18(13)14/h4-12H,1-3H3/q+1. The maximum atomic E-state index is 2.28. The Morgan fingerprint density at radius 2 is 1.15 bits per heavy atom. The monoisotopic (exact) mass is 260 g/mol. The van der Waals surface area contributed by atoms with Crippen LogP contribution in [0.4, 0.5) is 5.69 Å². The molecule has 0 aliphatic rings. The Labute approximate surface area is 119 Å². The van der Waals surface area contributed by atoms with Gasteiger partial charge in [0.1, 0.15) is 5.69 Å². The first kappa shape index (κ1) is 11.7. The molecule has 0 aliphatic heterocycles. The molecule has 4 aromatic rings. The van der Waals surface area contributed by atoms with Crippen molar-refractivity contribution in [1.29, 1.82) is 0 Å². The number of hydrogen-bond acceptors (Lipinski definition) is 0. The normalized spacial score (nSPS) is 12.8. The highest BCUT2D eigenvalue weighted by atomic mass is 15.3. The summed E-state index contributed by atoms with van der Waals surface area (Å²) < 4.78 is 0.841. The average Bonchev–Trinajstić information content (AvgIpc) is 2.43. The Morgan fingerprint density at radius 3 is 1.80 bits per heavy atom. The maximum absolute atomic E-state index is 2.28. The van der Waals surface area contributed by atoms with Gasteiger partial charge >= 0.3 is 0 Å². The Bertz CT molecular complexity index is 913. The van der Waals surface area contributed by atoms with Gasteiger partial charge in [-0.25, -0.2) is 0 Å². The summed E-state index contributed by atoms with van der Waals surface area (Å²) in [6.45, 7) is 0. The summed E-state index contributed by atoms with van der Waals surface area (Å²) in [5, 5.41) is 8.18. The summed E-state index contributed by atoms with van der Waals surface area (Å²) in [6, 6.07) is 20.1. The zero-order chi connectivity index (χ0) is 13.9. The van der Waals surface area contributed by atoms with Gasteiger partial charge in [-0.2, -0.15) is 0 Å². The lowest BCUT2D eigenvalue weighted by atomic mass is 9.93. The molecule has 4 rings (SSSR count). The van der Waals surface area contributed by atoms with E-state index in [2.05, 4.69) is 75.7 Å². The van der Waals surface area contributed by atoms with Crippen LogP contribution < -0.4 is 4.48 Å². The lowest BCUT2D eigenvalue weighted by Crippen LogP contribution is -2.34. The third-order valence-corrected chi connectivity index (χ3v) is 4.23. The fourth-order valence-electron chi connectivity index (χ4n) is 3.30. The molecule has 1 nitrogen and oxygen atoms in total. The molecular formula is C19H18N+. The van der Waals surface area contributed by atoms with Gasteiger partial charge in [-0.3, -0.25) is 4.48 Å². The molecule has 0 unspecified atom stereocenters. The Balaban J connectivity index is 2.32. The average molecular weight is 260 g/mol. The van der Waals surface area contributed by atoms with Gasteiger partial charge in [0.05, 0.1) is 21.1 Å². The predicted molar refractivity (Wildman–Crippen MR) is 89.7 cm³/mol. The summed E-state index contributed by atoms with van der Waals surface area (Å²) in [6.07, 6.45) is 0. The lowest BCUT2D eigenvalue weighted by molar-refractivity contribution is 0.490. The molecule has 0 fully saturated rings. The first-order chi connectivity index (χ1) is 9.55. The predicted octanol–water partition coefficient (Wildman–Crippen LogP) is 4.78. The molecule has 0 amide bonds. The molecule has 0 atom stereocenters. The summed E-state index contributed by atoms with van der Waals surface area (Å²) in [4.78, 5) is 0. The molecule has 0 spiro atoms. The van der Waals surface area contributed by atoms with Crippen LogP contribution in [0.25, 0.3) is 32.3 Å². The minimum absolute atomic E-state index is 0.841. The molecule has 0 aromatic heterocycles. The van der Waals surface area contributed by atoms with Crippen molar-refractivity contribution >= 4 is 38.0 Å². The Hall–Kier alpha value is -2.12. The van der Waals surface area contributed by atoms with Gasteiger partial charge in [0, 0.05) is 16.8 Å². The van der Waals surface area contributed by atoms with Crippen molar-refractivity contribution in [2.75, 3.05) is 21.1 Å². The zero-order valence-electron chi connectivity index (χ0n) is 12.1. The van der Waals surface area contributed by atoms with Gasteiger partial charge in [0.2, 0.25) is 0 Å². The van der Waals surface area contributed by atoms with Gasteiger partial charge in [-0.1, -0.05) is 36.4 Å². The van der Waals surface area contributed by atoms with E-state index in [1.807, 2.05) is 0 Å². The van der Waals surface area contributed by atoms with E-state index in [0.717, 1.165) is 4.48 Å². The van der Waals surface area contributed by atoms with E-state index < -0.39 is 0 Å². The molecule has 0 N–H and O–H groups in total. The molecule has 0 radical (unpaired) electrons. The minimum atomic E-state index is 0.841. The van der Waals surface area contributed by atoms with Crippen LogP contribution in [0.15, 0.2) is 54.6 Å². The smallest absolute Gasteiger partial charge is 0.140 e. The summed E-state index contributed by atoms with van der Waals surface area (Å²) >= 11 is 0. The van der Waals surface area contributed by atoms with E-state index in [-0.39, 0.29) is 0 Å². The third-order valence-electron chi connectivity index (χ3n) is 4.23. The van der Waals surface area contributed by atoms with Crippen molar-refractivity contribution in [3.05, 3.63) is 54.6 Å². The summed E-state index contributed by atoms with van der Waals surface area (Å²) in [7, 11) is 6.68. The largest absolute Gasteiger partial charge is 0.298 e. The van der Waals surface area contributed by atoms with Crippen LogP contribution >= 0.6 is 0 Å². The molecule has 0 aliphatic carbocycles. The highest BCUT2D eigenvalue weighted by Crippen LogP contribution is 2.39. The van der Waals surface area contributed by atoms with E-state index >= 15 is 0 Å². The van der Waals surface area contributed by atoms with Gasteiger partial charge in [0.25, 0.3) is 0 Å². The van der Waals surface area contributed by atoms with E-state index in [9.17, 15) is 0 Å². The van der Waals surface area contributed by atoms with Gasteiger partial charge in [-0.05, 0) is 33.7 Å². The van der Waals surface area contributed by atoms with Gasteiger partial charge in [0.15, 0.2) is 0 Å². The van der Waals surface area contributed by atoms with Crippen molar-refractivity contribution in [2.45, 2.75) is 0 Å². The molecule has 0 saturated heterocycles. The number of quaternary nitrogens is 1. The first-order valence-electron chi connectivity index (χ1n) is 7.04. The van der Waals surface area contributed by atoms with Gasteiger partial charge < -0.3 is 0 Å².